The number of nitrogens with two attached hydrogens (primary N) is 1. The van der Waals surface area contributed by atoms with E-state index in [-0.39, 0.29) is 35.8 Å². The van der Waals surface area contributed by atoms with Crippen molar-refractivity contribution in [2.24, 2.45) is 11.7 Å². The van der Waals surface area contributed by atoms with Crippen LogP contribution >= 0.6 is 12.4 Å². The van der Waals surface area contributed by atoms with Gasteiger partial charge >= 0.3 is 0 Å². The highest BCUT2D eigenvalue weighted by molar-refractivity contribution is 5.99. The monoisotopic (exact) mass is 399 g/mol. The zero-order chi connectivity index (χ0) is 18.6. The molecule has 0 bridgehead atoms. The van der Waals surface area contributed by atoms with Crippen molar-refractivity contribution in [2.75, 3.05) is 23.8 Å². The summed E-state index contributed by atoms with van der Waals surface area (Å²) in [6, 6.07) is 4.14. The number of halogens is 2. The Kier molecular flexibility index (Phi) is 7.59. The highest BCUT2D eigenvalue weighted by atomic mass is 35.5. The van der Waals surface area contributed by atoms with Crippen molar-refractivity contribution in [2.45, 2.75) is 50.5 Å². The minimum atomic E-state index is -0.988. The normalized spacial score (nSPS) is 19.6. The number of hydrogen-bond acceptors (Lipinski definition) is 4. The number of carbonyl (C=O) groups is 2. The standard InChI is InChI=1S/C19H26FN3O3.ClH/c20-15-7-6-14(22-18(25)19(21)8-10-26-11-9-19)12-16(15)23-17(24)13-4-2-1-3-5-13;/h6-7,12-13H,1-5,8-11,21H2,(H,22,25)(H,23,24);1H. The number of ether oxygens (including phenoxy) is 1. The van der Waals surface area contributed by atoms with Crippen molar-refractivity contribution in [3.8, 4) is 0 Å². The number of anilines is 2. The van der Waals surface area contributed by atoms with Gasteiger partial charge in [0.1, 0.15) is 11.4 Å². The van der Waals surface area contributed by atoms with E-state index in [4.69, 9.17) is 10.5 Å². The maximum absolute atomic E-state index is 14.1. The summed E-state index contributed by atoms with van der Waals surface area (Å²) >= 11 is 0. The van der Waals surface area contributed by atoms with Gasteiger partial charge in [0.05, 0.1) is 5.69 Å². The SMILES string of the molecule is Cl.NC1(C(=O)Nc2ccc(F)c(NC(=O)C3CCCCC3)c2)CCOCC1. The highest BCUT2D eigenvalue weighted by Crippen LogP contribution is 2.27. The van der Waals surface area contributed by atoms with Crippen molar-refractivity contribution in [3.63, 3.8) is 0 Å². The maximum atomic E-state index is 14.1. The predicted molar refractivity (Wildman–Crippen MR) is 104 cm³/mol. The molecule has 1 aromatic rings. The van der Waals surface area contributed by atoms with E-state index >= 15 is 0 Å². The van der Waals surface area contributed by atoms with E-state index in [1.165, 1.54) is 18.2 Å². The zero-order valence-corrected chi connectivity index (χ0v) is 16.1. The molecule has 0 unspecified atom stereocenters. The zero-order valence-electron chi connectivity index (χ0n) is 15.3. The van der Waals surface area contributed by atoms with Gasteiger partial charge in [-0.25, -0.2) is 4.39 Å². The Bertz CT molecular complexity index is 674. The molecule has 1 heterocycles. The van der Waals surface area contributed by atoms with Crippen LogP contribution in [-0.2, 0) is 14.3 Å². The molecule has 1 aliphatic carbocycles. The minimum absolute atomic E-state index is 0. The van der Waals surface area contributed by atoms with E-state index < -0.39 is 11.4 Å². The van der Waals surface area contributed by atoms with Crippen LogP contribution < -0.4 is 16.4 Å². The largest absolute Gasteiger partial charge is 0.381 e. The van der Waals surface area contributed by atoms with E-state index in [9.17, 15) is 14.0 Å². The van der Waals surface area contributed by atoms with Gasteiger partial charge in [-0.15, -0.1) is 12.4 Å². The first kappa shape index (κ1) is 21.6. The highest BCUT2D eigenvalue weighted by Gasteiger charge is 2.36. The fraction of sp³-hybridized carbons (Fsp3) is 0.579. The van der Waals surface area contributed by atoms with Crippen LogP contribution in [0.1, 0.15) is 44.9 Å². The summed E-state index contributed by atoms with van der Waals surface area (Å²) in [5, 5.41) is 5.40. The lowest BCUT2D eigenvalue weighted by Gasteiger charge is -2.31. The van der Waals surface area contributed by atoms with Crippen LogP contribution in [-0.4, -0.2) is 30.6 Å². The van der Waals surface area contributed by atoms with Crippen molar-refractivity contribution in [1.82, 2.24) is 0 Å². The lowest BCUT2D eigenvalue weighted by Crippen LogP contribution is -2.54. The molecule has 1 saturated heterocycles. The summed E-state index contributed by atoms with van der Waals surface area (Å²) in [6.45, 7) is 0.881. The third-order valence-corrected chi connectivity index (χ3v) is 5.30. The molecule has 27 heavy (non-hydrogen) atoms. The fourth-order valence-electron chi connectivity index (χ4n) is 3.52. The second kappa shape index (κ2) is 9.48. The molecule has 150 valence electrons. The first-order valence-corrected chi connectivity index (χ1v) is 9.26. The second-order valence-corrected chi connectivity index (χ2v) is 7.24. The van der Waals surface area contributed by atoms with Gasteiger partial charge in [-0.1, -0.05) is 19.3 Å². The smallest absolute Gasteiger partial charge is 0.244 e. The lowest BCUT2D eigenvalue weighted by atomic mass is 9.88. The molecule has 6 nitrogen and oxygen atoms in total. The van der Waals surface area contributed by atoms with Gasteiger partial charge in [0.2, 0.25) is 11.8 Å². The molecule has 2 aliphatic rings. The van der Waals surface area contributed by atoms with Crippen molar-refractivity contribution in [3.05, 3.63) is 24.0 Å². The predicted octanol–water partition coefficient (Wildman–Crippen LogP) is 3.21. The van der Waals surface area contributed by atoms with Gasteiger partial charge in [-0.2, -0.15) is 0 Å². The molecule has 0 aromatic heterocycles. The molecule has 0 spiro atoms. The number of nitrogens with one attached hydrogen (secondary N) is 2. The Hall–Kier alpha value is -1.70. The van der Waals surface area contributed by atoms with Crippen LogP contribution in [0.3, 0.4) is 0 Å². The van der Waals surface area contributed by atoms with Gasteiger partial charge in [-0.05, 0) is 43.9 Å². The summed E-state index contributed by atoms with van der Waals surface area (Å²) in [4.78, 5) is 24.8. The van der Waals surface area contributed by atoms with Gasteiger partial charge in [0.25, 0.3) is 0 Å². The van der Waals surface area contributed by atoms with Crippen molar-refractivity contribution in [1.29, 1.82) is 0 Å². The summed E-state index contributed by atoms with van der Waals surface area (Å²) in [7, 11) is 0. The topological polar surface area (TPSA) is 93.5 Å². The van der Waals surface area contributed by atoms with Gasteiger partial charge in [0.15, 0.2) is 0 Å². The quantitative estimate of drug-likeness (QED) is 0.724. The molecular formula is C19H27ClFN3O3. The van der Waals surface area contributed by atoms with Crippen LogP contribution in [0, 0.1) is 11.7 Å². The summed E-state index contributed by atoms with van der Waals surface area (Å²) in [5.41, 5.74) is 5.66. The minimum Gasteiger partial charge on any atom is -0.381 e. The number of benzene rings is 1. The van der Waals surface area contributed by atoms with Crippen LogP contribution in [0.15, 0.2) is 18.2 Å². The lowest BCUT2D eigenvalue weighted by molar-refractivity contribution is -0.124. The molecule has 1 saturated carbocycles. The number of amides is 2. The van der Waals surface area contributed by atoms with Gasteiger partial charge in [0, 0.05) is 24.8 Å². The fourth-order valence-corrected chi connectivity index (χ4v) is 3.52. The number of hydrogen-bond donors (Lipinski definition) is 3. The molecule has 1 aliphatic heterocycles. The molecule has 4 N–H and O–H groups in total. The molecular weight excluding hydrogens is 373 g/mol. The van der Waals surface area contributed by atoms with Crippen molar-refractivity contribution >= 4 is 35.6 Å². The van der Waals surface area contributed by atoms with E-state index in [0.29, 0.717) is 31.7 Å². The van der Waals surface area contributed by atoms with Gasteiger partial charge in [-0.3, -0.25) is 9.59 Å². The third kappa shape index (κ3) is 5.40. The molecule has 2 amide bonds. The molecule has 3 rings (SSSR count). The first-order chi connectivity index (χ1) is 12.5. The van der Waals surface area contributed by atoms with E-state index in [1.807, 2.05) is 0 Å². The van der Waals surface area contributed by atoms with Gasteiger partial charge < -0.3 is 21.1 Å². The summed E-state index contributed by atoms with van der Waals surface area (Å²) in [5.74, 6) is -1.08. The Morgan fingerprint density at radius 2 is 1.78 bits per heavy atom. The van der Waals surface area contributed by atoms with Crippen molar-refractivity contribution < 1.29 is 18.7 Å². The second-order valence-electron chi connectivity index (χ2n) is 7.24. The molecule has 1 aromatic carbocycles. The average Bonchev–Trinajstić information content (AvgIpc) is 2.65. The Morgan fingerprint density at radius 1 is 1.11 bits per heavy atom. The summed E-state index contributed by atoms with van der Waals surface area (Å²) in [6.07, 6.45) is 5.74. The van der Waals surface area contributed by atoms with E-state index in [1.54, 1.807) is 0 Å². The number of rotatable bonds is 4. The first-order valence-electron chi connectivity index (χ1n) is 9.26. The third-order valence-electron chi connectivity index (χ3n) is 5.30. The van der Waals surface area contributed by atoms with E-state index in [2.05, 4.69) is 10.6 Å². The van der Waals surface area contributed by atoms with Crippen LogP contribution in [0.5, 0.6) is 0 Å². The molecule has 8 heteroatoms. The summed E-state index contributed by atoms with van der Waals surface area (Å²) < 4.78 is 19.3. The average molecular weight is 400 g/mol. The van der Waals surface area contributed by atoms with E-state index in [0.717, 1.165) is 32.1 Å². The van der Waals surface area contributed by atoms with Crippen LogP contribution in [0.4, 0.5) is 15.8 Å². The Balaban J connectivity index is 0.00000261. The Morgan fingerprint density at radius 3 is 2.44 bits per heavy atom. The Labute approximate surface area is 164 Å². The van der Waals surface area contributed by atoms with Crippen LogP contribution in [0.2, 0.25) is 0 Å². The van der Waals surface area contributed by atoms with Crippen LogP contribution in [0.25, 0.3) is 0 Å². The molecule has 2 fully saturated rings. The molecule has 0 radical (unpaired) electrons. The maximum Gasteiger partial charge on any atom is 0.244 e. The number of carbonyl (C=O) groups excluding carboxylic acids is 2. The molecule has 0 atom stereocenters.